The lowest BCUT2D eigenvalue weighted by atomic mass is 9.97. The normalized spacial score (nSPS) is 10.2. The smallest absolute Gasteiger partial charge is 0.316 e. The number of urea groups is 1. The van der Waals surface area contributed by atoms with E-state index in [2.05, 4.69) is 29.1 Å². The van der Waals surface area contributed by atoms with Crippen molar-refractivity contribution < 1.29 is 4.79 Å². The van der Waals surface area contributed by atoms with Crippen molar-refractivity contribution in [1.82, 2.24) is 0 Å². The van der Waals surface area contributed by atoms with Crippen LogP contribution in [0.4, 0.5) is 16.2 Å². The third-order valence-electron chi connectivity index (χ3n) is 4.34. The summed E-state index contributed by atoms with van der Waals surface area (Å²) in [6.07, 6.45) is 5.60. The fourth-order valence-corrected chi connectivity index (χ4v) is 3.66. The second-order valence-corrected chi connectivity index (χ2v) is 7.75. The van der Waals surface area contributed by atoms with Crippen LogP contribution in [0.1, 0.15) is 27.1 Å². The molecule has 8 N–H and O–H groups in total. The molecule has 0 radical (unpaired) electrons. The molecule has 1 heterocycles. The molecule has 0 spiro atoms. The summed E-state index contributed by atoms with van der Waals surface area (Å²) in [5.41, 5.74) is 21.3. The van der Waals surface area contributed by atoms with Gasteiger partial charge >= 0.3 is 6.03 Å². The monoisotopic (exact) mass is 433 g/mol. The maximum atomic E-state index is 11.0. The summed E-state index contributed by atoms with van der Waals surface area (Å²) >= 11 is 1.72. The number of carbonyl (C=O) groups excluding carboxylic acids is 1. The maximum Gasteiger partial charge on any atom is 0.316 e. The van der Waals surface area contributed by atoms with E-state index >= 15 is 0 Å². The lowest BCUT2D eigenvalue weighted by Crippen LogP contribution is -2.19. The van der Waals surface area contributed by atoms with Crippen LogP contribution in [-0.4, -0.2) is 11.7 Å². The SMILES string of the molecule is C=CN.Cc1cc(N)c(C(=N)/C=C/c2cccc(NC(N)=O)c2)cc1Cc1cccs1. The van der Waals surface area contributed by atoms with E-state index in [4.69, 9.17) is 16.9 Å². The topological polar surface area (TPSA) is 131 Å². The number of nitrogens with two attached hydrogens (primary N) is 3. The molecular formula is C24H27N5OS. The third-order valence-corrected chi connectivity index (χ3v) is 5.22. The molecule has 0 saturated heterocycles. The summed E-state index contributed by atoms with van der Waals surface area (Å²) in [6.45, 7) is 5.18. The maximum absolute atomic E-state index is 11.0. The summed E-state index contributed by atoms with van der Waals surface area (Å²) in [4.78, 5) is 12.3. The summed E-state index contributed by atoms with van der Waals surface area (Å²) in [6, 6.07) is 14.7. The largest absolute Gasteiger partial charge is 0.405 e. The summed E-state index contributed by atoms with van der Waals surface area (Å²) in [7, 11) is 0. The summed E-state index contributed by atoms with van der Waals surface area (Å²) < 4.78 is 0. The molecule has 2 aromatic carbocycles. The Morgan fingerprint density at radius 1 is 1.23 bits per heavy atom. The molecule has 2 amide bonds. The predicted octanol–water partition coefficient (Wildman–Crippen LogP) is 4.89. The highest BCUT2D eigenvalue weighted by atomic mass is 32.1. The number of hydrogen-bond donors (Lipinski definition) is 5. The molecule has 0 bridgehead atoms. The number of primary amides is 1. The zero-order valence-electron chi connectivity index (χ0n) is 17.4. The highest BCUT2D eigenvalue weighted by Gasteiger charge is 2.09. The van der Waals surface area contributed by atoms with Gasteiger partial charge in [-0.3, -0.25) is 0 Å². The number of thiophene rings is 1. The first-order valence-corrected chi connectivity index (χ1v) is 10.4. The van der Waals surface area contributed by atoms with E-state index in [1.165, 1.54) is 11.1 Å². The van der Waals surface area contributed by atoms with Gasteiger partial charge in [0.15, 0.2) is 0 Å². The first-order valence-electron chi connectivity index (χ1n) is 9.51. The fraction of sp³-hybridized carbons (Fsp3) is 0.0833. The standard InChI is InChI=1S/C22H22N4OS.C2H5N/c1-14-10-21(24)19(13-16(14)12-18-6-3-9-28-18)20(23)8-7-15-4-2-5-17(11-15)26-22(25)27;1-2-3/h2-11,13,23H,12,24H2,1H3,(H3,25,26,27);2H,1,3H2/b8-7+,23-20?;. The van der Waals surface area contributed by atoms with Gasteiger partial charge in [0, 0.05) is 28.2 Å². The highest BCUT2D eigenvalue weighted by molar-refractivity contribution is 7.09. The van der Waals surface area contributed by atoms with Crippen LogP contribution >= 0.6 is 11.3 Å². The van der Waals surface area contributed by atoms with E-state index < -0.39 is 6.03 Å². The van der Waals surface area contributed by atoms with E-state index in [9.17, 15) is 4.79 Å². The first kappa shape index (κ1) is 23.4. The van der Waals surface area contributed by atoms with Crippen LogP contribution in [-0.2, 0) is 6.42 Å². The first-order chi connectivity index (χ1) is 14.8. The zero-order chi connectivity index (χ0) is 22.8. The quantitative estimate of drug-likeness (QED) is 0.280. The van der Waals surface area contributed by atoms with E-state index in [0.717, 1.165) is 23.1 Å². The molecule has 0 aliphatic heterocycles. The molecular weight excluding hydrogens is 406 g/mol. The Morgan fingerprint density at radius 3 is 2.61 bits per heavy atom. The average molecular weight is 434 g/mol. The number of allylic oxidation sites excluding steroid dienone is 1. The van der Waals surface area contributed by atoms with Crippen LogP contribution < -0.4 is 22.5 Å². The van der Waals surface area contributed by atoms with E-state index in [0.29, 0.717) is 22.6 Å². The van der Waals surface area contributed by atoms with Crippen molar-refractivity contribution in [3.8, 4) is 0 Å². The molecule has 0 unspecified atom stereocenters. The molecule has 6 nitrogen and oxygen atoms in total. The number of hydrogen-bond acceptors (Lipinski definition) is 5. The number of anilines is 2. The van der Waals surface area contributed by atoms with Crippen LogP contribution in [0.25, 0.3) is 6.08 Å². The van der Waals surface area contributed by atoms with Gasteiger partial charge < -0.3 is 27.9 Å². The number of benzene rings is 2. The van der Waals surface area contributed by atoms with Crippen LogP contribution in [0.3, 0.4) is 0 Å². The van der Waals surface area contributed by atoms with Gasteiger partial charge in [0.05, 0.1) is 5.71 Å². The Bertz CT molecular complexity index is 1090. The number of amides is 2. The fourth-order valence-electron chi connectivity index (χ4n) is 2.93. The molecule has 7 heteroatoms. The molecule has 160 valence electrons. The van der Waals surface area contributed by atoms with Crippen LogP contribution in [0, 0.1) is 12.3 Å². The van der Waals surface area contributed by atoms with Crippen molar-refractivity contribution in [3.05, 3.63) is 99.9 Å². The second-order valence-electron chi connectivity index (χ2n) is 6.72. The number of rotatable bonds is 6. The lowest BCUT2D eigenvalue weighted by Gasteiger charge is -2.11. The number of nitrogens with one attached hydrogen (secondary N) is 2. The Balaban J connectivity index is 0.00000107. The van der Waals surface area contributed by atoms with Crippen LogP contribution in [0.15, 0.2) is 72.8 Å². The molecule has 31 heavy (non-hydrogen) atoms. The van der Waals surface area contributed by atoms with Gasteiger partial charge in [0.25, 0.3) is 0 Å². The van der Waals surface area contributed by atoms with Crippen LogP contribution in [0.5, 0.6) is 0 Å². The van der Waals surface area contributed by atoms with Gasteiger partial charge in [0.2, 0.25) is 0 Å². The van der Waals surface area contributed by atoms with Crippen molar-refractivity contribution in [2.45, 2.75) is 13.3 Å². The molecule has 0 fully saturated rings. The molecule has 0 aliphatic carbocycles. The summed E-state index contributed by atoms with van der Waals surface area (Å²) in [5, 5.41) is 13.1. The molecule has 3 aromatic rings. The van der Waals surface area contributed by atoms with Gasteiger partial charge in [-0.2, -0.15) is 0 Å². The van der Waals surface area contributed by atoms with E-state index in [-0.39, 0.29) is 0 Å². The molecule has 0 saturated carbocycles. The minimum Gasteiger partial charge on any atom is -0.405 e. The third kappa shape index (κ3) is 7.17. The Labute approximate surface area is 186 Å². The van der Waals surface area contributed by atoms with Gasteiger partial charge in [-0.15, -0.1) is 11.3 Å². The molecule has 1 aromatic heterocycles. The van der Waals surface area contributed by atoms with Gasteiger partial charge in [-0.1, -0.05) is 30.9 Å². The Hall–Kier alpha value is -3.84. The van der Waals surface area contributed by atoms with E-state index in [1.54, 1.807) is 29.5 Å². The van der Waals surface area contributed by atoms with Crippen molar-refractivity contribution in [1.29, 1.82) is 5.41 Å². The van der Waals surface area contributed by atoms with Gasteiger partial charge in [-0.25, -0.2) is 4.79 Å². The molecule has 0 aliphatic rings. The second kappa shape index (κ2) is 11.4. The summed E-state index contributed by atoms with van der Waals surface area (Å²) in [5.74, 6) is 0. The van der Waals surface area contributed by atoms with Crippen molar-refractivity contribution in [3.63, 3.8) is 0 Å². The van der Waals surface area contributed by atoms with Crippen LogP contribution in [0.2, 0.25) is 0 Å². The zero-order valence-corrected chi connectivity index (χ0v) is 18.2. The van der Waals surface area contributed by atoms with E-state index in [1.807, 2.05) is 43.3 Å². The minimum absolute atomic E-state index is 0.332. The highest BCUT2D eigenvalue weighted by Crippen LogP contribution is 2.24. The average Bonchev–Trinajstić information content (AvgIpc) is 3.22. The van der Waals surface area contributed by atoms with Gasteiger partial charge in [0.1, 0.15) is 0 Å². The Morgan fingerprint density at radius 2 is 1.97 bits per heavy atom. The molecule has 3 rings (SSSR count). The molecule has 0 atom stereocenters. The predicted molar refractivity (Wildman–Crippen MR) is 133 cm³/mol. The van der Waals surface area contributed by atoms with Crippen molar-refractivity contribution in [2.24, 2.45) is 11.5 Å². The van der Waals surface area contributed by atoms with Gasteiger partial charge in [-0.05, 0) is 71.6 Å². The number of aryl methyl sites for hydroxylation is 1. The van der Waals surface area contributed by atoms with Crippen molar-refractivity contribution >= 4 is 40.5 Å². The Kier molecular flexibility index (Phi) is 8.60. The number of carbonyl (C=O) groups is 1. The van der Waals surface area contributed by atoms with Crippen molar-refractivity contribution in [2.75, 3.05) is 11.1 Å². The number of nitrogen functional groups attached to an aromatic ring is 1. The lowest BCUT2D eigenvalue weighted by molar-refractivity contribution is 0.259. The minimum atomic E-state index is -0.612.